The largest absolute Gasteiger partial charge is 0.289 e. The van der Waals surface area contributed by atoms with Gasteiger partial charge < -0.3 is 0 Å². The van der Waals surface area contributed by atoms with Crippen LogP contribution in [0.15, 0.2) is 60.7 Å². The van der Waals surface area contributed by atoms with Crippen LogP contribution >= 0.6 is 0 Å². The first-order valence-electron chi connectivity index (χ1n) is 6.06. The van der Waals surface area contributed by atoms with Crippen molar-refractivity contribution in [2.45, 2.75) is 0 Å². The first-order valence-corrected chi connectivity index (χ1v) is 7.17. The Morgan fingerprint density at radius 2 is 1.70 bits per heavy atom. The van der Waals surface area contributed by atoms with Crippen molar-refractivity contribution in [3.05, 3.63) is 60.7 Å². The molecule has 0 saturated heterocycles. The molecule has 20 heavy (non-hydrogen) atoms. The van der Waals surface area contributed by atoms with Crippen molar-refractivity contribution in [2.75, 3.05) is 4.72 Å². The zero-order chi connectivity index (χ0) is 13.9. The third-order valence-electron chi connectivity index (χ3n) is 2.98. The summed E-state index contributed by atoms with van der Waals surface area (Å²) in [4.78, 5) is 4.61. The summed E-state index contributed by atoms with van der Waals surface area (Å²) in [5.74, 6) is 0. The summed E-state index contributed by atoms with van der Waals surface area (Å²) in [6.45, 7) is 0. The molecule has 0 saturated carbocycles. The number of rotatable bonds is 3. The van der Waals surface area contributed by atoms with Crippen LogP contribution in [0.25, 0.3) is 22.2 Å². The van der Waals surface area contributed by atoms with Gasteiger partial charge in [0.2, 0.25) is 0 Å². The van der Waals surface area contributed by atoms with E-state index in [1.54, 1.807) is 12.1 Å². The molecule has 3 aromatic rings. The summed E-state index contributed by atoms with van der Waals surface area (Å²) in [5.41, 5.74) is 3.38. The lowest BCUT2D eigenvalue weighted by atomic mass is 10.1. The molecule has 100 valence electrons. The van der Waals surface area contributed by atoms with Gasteiger partial charge >= 0.3 is 0 Å². The van der Waals surface area contributed by atoms with Gasteiger partial charge in [-0.15, -0.1) is 0 Å². The van der Waals surface area contributed by atoms with Gasteiger partial charge in [0.05, 0.1) is 11.2 Å². The molecule has 0 aliphatic rings. The van der Waals surface area contributed by atoms with E-state index in [1.807, 2.05) is 48.5 Å². The Bertz CT molecular complexity index is 772. The first-order chi connectivity index (χ1) is 9.72. The number of aromatic nitrogens is 1. The number of nitrogens with one attached hydrogen (secondary N) is 1. The third kappa shape index (κ3) is 2.68. The van der Waals surface area contributed by atoms with Gasteiger partial charge in [-0.05, 0) is 24.3 Å². The molecular weight excluding hydrogens is 272 g/mol. The van der Waals surface area contributed by atoms with Crippen molar-refractivity contribution >= 4 is 27.9 Å². The van der Waals surface area contributed by atoms with E-state index < -0.39 is 11.3 Å². The molecule has 3 rings (SSSR count). The van der Waals surface area contributed by atoms with E-state index in [4.69, 9.17) is 4.55 Å². The van der Waals surface area contributed by atoms with E-state index in [0.717, 1.165) is 22.2 Å². The molecular formula is C15H12N2O2S. The predicted octanol–water partition coefficient (Wildman–Crippen LogP) is 3.45. The van der Waals surface area contributed by atoms with Crippen LogP contribution in [0.3, 0.4) is 0 Å². The highest BCUT2D eigenvalue weighted by Crippen LogP contribution is 2.22. The van der Waals surface area contributed by atoms with Crippen molar-refractivity contribution in [3.8, 4) is 11.3 Å². The minimum absolute atomic E-state index is 0.593. The zero-order valence-corrected chi connectivity index (χ0v) is 11.3. The summed E-state index contributed by atoms with van der Waals surface area (Å²) >= 11 is -2.05. The second-order valence-electron chi connectivity index (χ2n) is 4.32. The molecule has 0 aliphatic heterocycles. The van der Waals surface area contributed by atoms with E-state index in [9.17, 15) is 4.21 Å². The lowest BCUT2D eigenvalue weighted by Crippen LogP contribution is -2.01. The van der Waals surface area contributed by atoms with E-state index in [1.165, 1.54) is 0 Å². The van der Waals surface area contributed by atoms with Crippen molar-refractivity contribution in [1.82, 2.24) is 4.98 Å². The number of hydrogen-bond donors (Lipinski definition) is 2. The number of hydrogen-bond acceptors (Lipinski definition) is 2. The van der Waals surface area contributed by atoms with Crippen LogP contribution in [0.5, 0.6) is 0 Å². The van der Waals surface area contributed by atoms with Crippen LogP contribution in [-0.2, 0) is 11.3 Å². The fourth-order valence-corrected chi connectivity index (χ4v) is 2.37. The molecule has 5 heteroatoms. The Labute approximate surface area is 118 Å². The molecule has 1 unspecified atom stereocenters. The average molecular weight is 284 g/mol. The molecule has 1 atom stereocenters. The van der Waals surface area contributed by atoms with Crippen LogP contribution < -0.4 is 4.72 Å². The molecule has 0 amide bonds. The van der Waals surface area contributed by atoms with Gasteiger partial charge in [0, 0.05) is 16.6 Å². The molecule has 4 nitrogen and oxygen atoms in total. The minimum atomic E-state index is -2.05. The van der Waals surface area contributed by atoms with E-state index >= 15 is 0 Å². The zero-order valence-electron chi connectivity index (χ0n) is 10.5. The Kier molecular flexibility index (Phi) is 3.45. The number of pyridine rings is 1. The second kappa shape index (κ2) is 5.40. The normalized spacial score (nSPS) is 12.2. The van der Waals surface area contributed by atoms with Crippen LogP contribution in [0.1, 0.15) is 0 Å². The Hall–Kier alpha value is -2.24. The second-order valence-corrected chi connectivity index (χ2v) is 5.02. The van der Waals surface area contributed by atoms with Gasteiger partial charge in [-0.3, -0.25) is 9.27 Å². The summed E-state index contributed by atoms with van der Waals surface area (Å²) in [6.07, 6.45) is 0. The molecule has 1 aromatic heterocycles. The van der Waals surface area contributed by atoms with Crippen LogP contribution in [-0.4, -0.2) is 13.7 Å². The summed E-state index contributed by atoms with van der Waals surface area (Å²) in [6, 6.07) is 19.2. The smallest absolute Gasteiger partial charge is 0.259 e. The third-order valence-corrected chi connectivity index (χ3v) is 3.39. The number of anilines is 1. The van der Waals surface area contributed by atoms with Crippen LogP contribution in [0, 0.1) is 0 Å². The average Bonchev–Trinajstić information content (AvgIpc) is 2.47. The SMILES string of the molecule is O=S(O)Nc1ccc(-c2ccc3ccccc3n2)cc1. The minimum Gasteiger partial charge on any atom is -0.289 e. The summed E-state index contributed by atoms with van der Waals surface area (Å²) in [7, 11) is 0. The highest BCUT2D eigenvalue weighted by Gasteiger charge is 2.02. The van der Waals surface area contributed by atoms with E-state index in [-0.39, 0.29) is 0 Å². The van der Waals surface area contributed by atoms with Gasteiger partial charge in [0.15, 0.2) is 0 Å². The van der Waals surface area contributed by atoms with Gasteiger partial charge in [-0.2, -0.15) is 0 Å². The molecule has 0 aliphatic carbocycles. The maximum atomic E-state index is 10.7. The number of benzene rings is 2. The van der Waals surface area contributed by atoms with Gasteiger partial charge in [0.1, 0.15) is 0 Å². The van der Waals surface area contributed by atoms with Crippen molar-refractivity contribution < 1.29 is 8.76 Å². The Morgan fingerprint density at radius 1 is 0.950 bits per heavy atom. The fraction of sp³-hybridized carbons (Fsp3) is 0. The topological polar surface area (TPSA) is 62.2 Å². The molecule has 2 aromatic carbocycles. The van der Waals surface area contributed by atoms with Crippen LogP contribution in [0.4, 0.5) is 5.69 Å². The predicted molar refractivity (Wildman–Crippen MR) is 81.6 cm³/mol. The molecule has 1 heterocycles. The van der Waals surface area contributed by atoms with E-state index in [0.29, 0.717) is 5.69 Å². The molecule has 2 N–H and O–H groups in total. The molecule has 0 spiro atoms. The van der Waals surface area contributed by atoms with E-state index in [2.05, 4.69) is 9.71 Å². The summed E-state index contributed by atoms with van der Waals surface area (Å²) in [5, 5.41) is 1.10. The van der Waals surface area contributed by atoms with Crippen molar-refractivity contribution in [2.24, 2.45) is 0 Å². The fourth-order valence-electron chi connectivity index (χ4n) is 2.04. The lowest BCUT2D eigenvalue weighted by molar-refractivity contribution is 0.570. The highest BCUT2D eigenvalue weighted by atomic mass is 32.2. The number of nitrogens with zero attached hydrogens (tertiary/aromatic N) is 1. The molecule has 0 bridgehead atoms. The number of fused-ring (bicyclic) bond motifs is 1. The Morgan fingerprint density at radius 3 is 2.45 bits per heavy atom. The lowest BCUT2D eigenvalue weighted by Gasteiger charge is -2.05. The maximum absolute atomic E-state index is 10.7. The Balaban J connectivity index is 1.96. The highest BCUT2D eigenvalue weighted by molar-refractivity contribution is 7.80. The van der Waals surface area contributed by atoms with Crippen LogP contribution in [0.2, 0.25) is 0 Å². The first kappa shape index (κ1) is 12.8. The standard InChI is InChI=1S/C15H12N2O2S/c18-20(19)17-13-8-5-12(6-9-13)15-10-7-11-3-1-2-4-14(11)16-15/h1-10,17H,(H,18,19). The molecule has 0 fully saturated rings. The monoisotopic (exact) mass is 284 g/mol. The van der Waals surface area contributed by atoms with Crippen molar-refractivity contribution in [1.29, 1.82) is 0 Å². The quantitative estimate of drug-likeness (QED) is 0.724. The molecule has 0 radical (unpaired) electrons. The van der Waals surface area contributed by atoms with Gasteiger partial charge in [-0.1, -0.05) is 36.4 Å². The summed E-state index contributed by atoms with van der Waals surface area (Å²) < 4.78 is 21.8. The number of para-hydroxylation sites is 1. The van der Waals surface area contributed by atoms with Crippen molar-refractivity contribution in [3.63, 3.8) is 0 Å². The maximum Gasteiger partial charge on any atom is 0.259 e. The van der Waals surface area contributed by atoms with Gasteiger partial charge in [0.25, 0.3) is 11.3 Å². The van der Waals surface area contributed by atoms with Gasteiger partial charge in [-0.25, -0.2) is 9.19 Å².